The van der Waals surface area contributed by atoms with Gasteiger partial charge in [0.15, 0.2) is 5.82 Å². The number of ether oxygens (including phenoxy) is 1. The van der Waals surface area contributed by atoms with Crippen LogP contribution >= 0.6 is 11.3 Å². The number of hydrogen-bond donors (Lipinski definition) is 2. The number of hydrogen-bond acceptors (Lipinski definition) is 5. The summed E-state index contributed by atoms with van der Waals surface area (Å²) in [4.78, 5) is 5.71. The minimum Gasteiger partial charge on any atom is -0.379 e. The number of rotatable bonds is 5. The summed E-state index contributed by atoms with van der Waals surface area (Å²) in [6, 6.07) is 4.39. The van der Waals surface area contributed by atoms with Crippen LogP contribution in [0.2, 0.25) is 0 Å². The minimum atomic E-state index is 0.271. The predicted octanol–water partition coefficient (Wildman–Crippen LogP) is 2.02. The summed E-state index contributed by atoms with van der Waals surface area (Å²) in [7, 11) is 0. The molecule has 2 unspecified atom stereocenters. The van der Waals surface area contributed by atoms with E-state index in [0.717, 1.165) is 36.1 Å². The number of aromatic nitrogens is 3. The Hall–Kier alpha value is -1.24. The summed E-state index contributed by atoms with van der Waals surface area (Å²) in [6.45, 7) is 4.64. The number of nitrogens with zero attached hydrogens (tertiary/aromatic N) is 2. The highest BCUT2D eigenvalue weighted by molar-refractivity contribution is 7.13. The van der Waals surface area contributed by atoms with Gasteiger partial charge in [-0.15, -0.1) is 11.3 Å². The van der Waals surface area contributed by atoms with Crippen molar-refractivity contribution >= 4 is 11.3 Å². The van der Waals surface area contributed by atoms with Crippen molar-refractivity contribution in [2.24, 2.45) is 0 Å². The summed E-state index contributed by atoms with van der Waals surface area (Å²) in [5.41, 5.74) is 0. The molecular formula is C13H18N4OS. The summed E-state index contributed by atoms with van der Waals surface area (Å²) in [5, 5.41) is 12.9. The molecule has 0 amide bonds. The second kappa shape index (κ2) is 5.81. The first-order valence-electron chi connectivity index (χ1n) is 6.65. The largest absolute Gasteiger partial charge is 0.379 e. The fraction of sp³-hybridized carbons (Fsp3) is 0.538. The van der Waals surface area contributed by atoms with Crippen LogP contribution in [0.1, 0.15) is 25.1 Å². The Bertz CT molecular complexity index is 510. The van der Waals surface area contributed by atoms with E-state index in [4.69, 9.17) is 4.74 Å². The van der Waals surface area contributed by atoms with E-state index in [2.05, 4.69) is 27.4 Å². The van der Waals surface area contributed by atoms with Crippen molar-refractivity contribution in [3.63, 3.8) is 0 Å². The molecule has 2 aromatic heterocycles. The summed E-state index contributed by atoms with van der Waals surface area (Å²) in [6.07, 6.45) is 1.13. The fourth-order valence-electron chi connectivity index (χ4n) is 2.31. The predicted molar refractivity (Wildman–Crippen MR) is 75.3 cm³/mol. The van der Waals surface area contributed by atoms with Gasteiger partial charge in [0, 0.05) is 6.04 Å². The maximum absolute atomic E-state index is 5.57. The molecular weight excluding hydrogens is 260 g/mol. The third-order valence-electron chi connectivity index (χ3n) is 3.33. The SMILES string of the molecule is CCCNC1COCC1c1nc(-c2cccs2)n[nH]1. The van der Waals surface area contributed by atoms with Gasteiger partial charge in [-0.25, -0.2) is 4.98 Å². The molecule has 3 rings (SSSR count). The van der Waals surface area contributed by atoms with Crippen LogP contribution in [-0.4, -0.2) is 41.0 Å². The molecule has 0 spiro atoms. The Balaban J connectivity index is 1.75. The number of H-pyrrole nitrogens is 1. The van der Waals surface area contributed by atoms with Crippen LogP contribution in [0.4, 0.5) is 0 Å². The number of nitrogens with one attached hydrogen (secondary N) is 2. The Labute approximate surface area is 116 Å². The van der Waals surface area contributed by atoms with Crippen molar-refractivity contribution in [1.29, 1.82) is 0 Å². The van der Waals surface area contributed by atoms with Gasteiger partial charge >= 0.3 is 0 Å². The van der Waals surface area contributed by atoms with Crippen molar-refractivity contribution in [2.45, 2.75) is 25.3 Å². The lowest BCUT2D eigenvalue weighted by Gasteiger charge is -2.16. The highest BCUT2D eigenvalue weighted by Gasteiger charge is 2.31. The Morgan fingerprint density at radius 2 is 2.47 bits per heavy atom. The Morgan fingerprint density at radius 3 is 3.26 bits per heavy atom. The molecule has 2 aromatic rings. The second-order valence-corrected chi connectivity index (χ2v) is 5.67. The number of thiophene rings is 1. The van der Waals surface area contributed by atoms with Gasteiger partial charge in [-0.3, -0.25) is 5.10 Å². The zero-order valence-electron chi connectivity index (χ0n) is 10.9. The van der Waals surface area contributed by atoms with Crippen LogP contribution in [0.25, 0.3) is 10.7 Å². The zero-order chi connectivity index (χ0) is 13.1. The molecule has 1 aliphatic heterocycles. The number of aromatic amines is 1. The van der Waals surface area contributed by atoms with Crippen molar-refractivity contribution in [1.82, 2.24) is 20.5 Å². The van der Waals surface area contributed by atoms with Gasteiger partial charge in [-0.2, -0.15) is 5.10 Å². The maximum Gasteiger partial charge on any atom is 0.191 e. The first-order valence-corrected chi connectivity index (χ1v) is 7.53. The van der Waals surface area contributed by atoms with E-state index in [9.17, 15) is 0 Å². The van der Waals surface area contributed by atoms with Crippen LogP contribution < -0.4 is 5.32 Å². The van der Waals surface area contributed by atoms with Gasteiger partial charge in [0.05, 0.1) is 24.0 Å². The average molecular weight is 278 g/mol. The average Bonchev–Trinajstić information content (AvgIpc) is 3.14. The molecule has 0 radical (unpaired) electrons. The highest BCUT2D eigenvalue weighted by Crippen LogP contribution is 2.26. The zero-order valence-corrected chi connectivity index (χ0v) is 11.7. The van der Waals surface area contributed by atoms with Gasteiger partial charge in [0.1, 0.15) is 5.82 Å². The molecule has 0 bridgehead atoms. The quantitative estimate of drug-likeness (QED) is 0.878. The van der Waals surface area contributed by atoms with Crippen molar-refractivity contribution in [2.75, 3.05) is 19.8 Å². The van der Waals surface area contributed by atoms with Gasteiger partial charge < -0.3 is 10.1 Å². The van der Waals surface area contributed by atoms with E-state index in [1.807, 2.05) is 17.5 Å². The third-order valence-corrected chi connectivity index (χ3v) is 4.20. The maximum atomic E-state index is 5.57. The van der Waals surface area contributed by atoms with E-state index in [1.54, 1.807) is 11.3 Å². The van der Waals surface area contributed by atoms with Crippen LogP contribution in [-0.2, 0) is 4.74 Å². The third kappa shape index (κ3) is 2.70. The minimum absolute atomic E-state index is 0.271. The Morgan fingerprint density at radius 1 is 1.53 bits per heavy atom. The molecule has 0 saturated carbocycles. The smallest absolute Gasteiger partial charge is 0.191 e. The van der Waals surface area contributed by atoms with Gasteiger partial charge in [0.25, 0.3) is 0 Å². The molecule has 5 nitrogen and oxygen atoms in total. The summed E-state index contributed by atoms with van der Waals surface area (Å²) in [5.74, 6) is 1.98. The van der Waals surface area contributed by atoms with E-state index in [-0.39, 0.29) is 5.92 Å². The summed E-state index contributed by atoms with van der Waals surface area (Å²) >= 11 is 1.65. The van der Waals surface area contributed by atoms with Crippen LogP contribution in [0.5, 0.6) is 0 Å². The molecule has 0 aliphatic carbocycles. The van der Waals surface area contributed by atoms with Crippen molar-refractivity contribution < 1.29 is 4.74 Å². The lowest BCUT2D eigenvalue weighted by Crippen LogP contribution is -2.35. The lowest BCUT2D eigenvalue weighted by molar-refractivity contribution is 0.187. The molecule has 1 saturated heterocycles. The standard InChI is InChI=1S/C13H18N4OS/c1-2-5-14-10-8-18-7-9(10)12-15-13(17-16-12)11-4-3-6-19-11/h3-4,6,9-10,14H,2,5,7-8H2,1H3,(H,15,16,17). The first kappa shape index (κ1) is 12.8. The topological polar surface area (TPSA) is 62.8 Å². The molecule has 2 N–H and O–H groups in total. The fourth-order valence-corrected chi connectivity index (χ4v) is 2.97. The van der Waals surface area contributed by atoms with E-state index in [0.29, 0.717) is 12.6 Å². The van der Waals surface area contributed by atoms with Crippen LogP contribution in [0.3, 0.4) is 0 Å². The van der Waals surface area contributed by atoms with E-state index in [1.165, 1.54) is 0 Å². The van der Waals surface area contributed by atoms with Gasteiger partial charge in [-0.05, 0) is 24.4 Å². The lowest BCUT2D eigenvalue weighted by atomic mass is 10.0. The molecule has 1 fully saturated rings. The van der Waals surface area contributed by atoms with Gasteiger partial charge in [0.2, 0.25) is 0 Å². The normalized spacial score (nSPS) is 23.0. The molecule has 6 heteroatoms. The second-order valence-electron chi connectivity index (χ2n) is 4.73. The van der Waals surface area contributed by atoms with Crippen LogP contribution in [0.15, 0.2) is 17.5 Å². The molecule has 3 heterocycles. The van der Waals surface area contributed by atoms with Crippen molar-refractivity contribution in [3.8, 4) is 10.7 Å². The monoisotopic (exact) mass is 278 g/mol. The van der Waals surface area contributed by atoms with Crippen LogP contribution in [0, 0.1) is 0 Å². The van der Waals surface area contributed by atoms with E-state index < -0.39 is 0 Å². The molecule has 102 valence electrons. The van der Waals surface area contributed by atoms with Crippen molar-refractivity contribution in [3.05, 3.63) is 23.3 Å². The molecule has 0 aromatic carbocycles. The molecule has 2 atom stereocenters. The first-order chi connectivity index (χ1) is 9.38. The highest BCUT2D eigenvalue weighted by atomic mass is 32.1. The van der Waals surface area contributed by atoms with E-state index >= 15 is 0 Å². The molecule has 1 aliphatic rings. The van der Waals surface area contributed by atoms with Gasteiger partial charge in [-0.1, -0.05) is 13.0 Å². The summed E-state index contributed by atoms with van der Waals surface area (Å²) < 4.78 is 5.57. The Kier molecular flexibility index (Phi) is 3.91. The molecule has 19 heavy (non-hydrogen) atoms.